The van der Waals surface area contributed by atoms with Crippen LogP contribution in [0.3, 0.4) is 0 Å². The van der Waals surface area contributed by atoms with Gasteiger partial charge in [-0.2, -0.15) is 0 Å². The number of hydrogen-bond donors (Lipinski definition) is 0. The van der Waals surface area contributed by atoms with Crippen molar-refractivity contribution in [3.05, 3.63) is 27.7 Å². The molecule has 1 aromatic rings. The lowest BCUT2D eigenvalue weighted by Gasteiger charge is -2.11. The Morgan fingerprint density at radius 3 is 2.61 bits per heavy atom. The van der Waals surface area contributed by atoms with Crippen molar-refractivity contribution in [2.24, 2.45) is 0 Å². The Morgan fingerprint density at radius 1 is 1.39 bits per heavy atom. The fourth-order valence-corrected chi connectivity index (χ4v) is 2.67. The molecule has 0 atom stereocenters. The number of benzene rings is 1. The molecular weight excluding hydrogens is 320 g/mol. The van der Waals surface area contributed by atoms with Gasteiger partial charge in [-0.25, -0.2) is 8.42 Å². The normalized spacial score (nSPS) is 11.3. The lowest BCUT2D eigenvalue weighted by atomic mass is 10.1. The third kappa shape index (κ3) is 4.10. The molecule has 0 saturated heterocycles. The van der Waals surface area contributed by atoms with Crippen LogP contribution in [0.4, 0.5) is 0 Å². The van der Waals surface area contributed by atoms with Gasteiger partial charge in [0.05, 0.1) is 11.3 Å². The lowest BCUT2D eigenvalue weighted by Crippen LogP contribution is -2.16. The van der Waals surface area contributed by atoms with E-state index < -0.39 is 9.84 Å². The Balaban J connectivity index is 2.82. The van der Waals surface area contributed by atoms with Gasteiger partial charge in [-0.1, -0.05) is 22.9 Å². The van der Waals surface area contributed by atoms with Crippen molar-refractivity contribution in [3.8, 4) is 5.75 Å². The molecule has 0 aliphatic carbocycles. The molecule has 0 aliphatic heterocycles. The van der Waals surface area contributed by atoms with E-state index in [1.54, 1.807) is 19.9 Å². The quantitative estimate of drug-likeness (QED) is 0.749. The van der Waals surface area contributed by atoms with E-state index in [4.69, 9.17) is 4.74 Å². The molecule has 0 N–H and O–H groups in total. The van der Waals surface area contributed by atoms with Crippen molar-refractivity contribution in [3.63, 3.8) is 0 Å². The van der Waals surface area contributed by atoms with Crippen molar-refractivity contribution in [2.75, 3.05) is 18.1 Å². The molecule has 0 heterocycles. The van der Waals surface area contributed by atoms with E-state index in [0.717, 1.165) is 10.0 Å². The first-order valence-electron chi connectivity index (χ1n) is 5.48. The maximum absolute atomic E-state index is 11.3. The average Bonchev–Trinajstić information content (AvgIpc) is 2.31. The second kappa shape index (κ2) is 6.33. The largest absolute Gasteiger partial charge is 0.492 e. The highest BCUT2D eigenvalue weighted by atomic mass is 79.9. The lowest BCUT2D eigenvalue weighted by molar-refractivity contribution is 0.111. The summed E-state index contributed by atoms with van der Waals surface area (Å²) in [5.41, 5.74) is 1.20. The maximum Gasteiger partial charge on any atom is 0.153 e. The van der Waals surface area contributed by atoms with Crippen LogP contribution < -0.4 is 4.74 Å². The van der Waals surface area contributed by atoms with Gasteiger partial charge in [0, 0.05) is 10.2 Å². The number of carbonyl (C=O) groups excluding carboxylic acids is 1. The summed E-state index contributed by atoms with van der Waals surface area (Å²) in [5.74, 6) is 0.493. The number of hydrogen-bond acceptors (Lipinski definition) is 4. The topological polar surface area (TPSA) is 60.4 Å². The van der Waals surface area contributed by atoms with Gasteiger partial charge in [0.2, 0.25) is 0 Å². The molecule has 0 bridgehead atoms. The number of halogens is 1. The molecule has 0 aliphatic rings. The van der Waals surface area contributed by atoms with Crippen LogP contribution in [0.2, 0.25) is 0 Å². The summed E-state index contributed by atoms with van der Waals surface area (Å²) in [6.07, 6.45) is 0.696. The van der Waals surface area contributed by atoms with Crippen molar-refractivity contribution < 1.29 is 17.9 Å². The first-order chi connectivity index (χ1) is 8.39. The van der Waals surface area contributed by atoms with Gasteiger partial charge in [0.15, 0.2) is 16.1 Å². The number of ether oxygens (including phenoxy) is 1. The van der Waals surface area contributed by atoms with E-state index in [2.05, 4.69) is 15.9 Å². The number of rotatable bonds is 6. The highest BCUT2D eigenvalue weighted by molar-refractivity contribution is 9.10. The molecule has 0 aromatic heterocycles. The smallest absolute Gasteiger partial charge is 0.153 e. The zero-order valence-corrected chi connectivity index (χ0v) is 12.7. The standard InChI is InChI=1S/C12H15BrO4S/c1-3-18(15,16)5-4-17-12-9(2)6-11(13)7-10(12)8-14/h6-8H,3-5H2,1-2H3. The molecule has 0 saturated carbocycles. The molecule has 100 valence electrons. The van der Waals surface area contributed by atoms with Crippen molar-refractivity contribution in [1.29, 1.82) is 0 Å². The Bertz CT molecular complexity index is 537. The van der Waals surface area contributed by atoms with Crippen molar-refractivity contribution >= 4 is 32.1 Å². The zero-order chi connectivity index (χ0) is 13.8. The minimum absolute atomic E-state index is 0.0443. The highest BCUT2D eigenvalue weighted by Crippen LogP contribution is 2.26. The molecule has 0 amide bonds. The van der Waals surface area contributed by atoms with E-state index in [-0.39, 0.29) is 18.1 Å². The Kier molecular flexibility index (Phi) is 5.34. The second-order valence-corrected chi connectivity index (χ2v) is 7.23. The maximum atomic E-state index is 11.3. The van der Waals surface area contributed by atoms with E-state index in [0.29, 0.717) is 17.6 Å². The fraction of sp³-hybridized carbons (Fsp3) is 0.417. The van der Waals surface area contributed by atoms with Gasteiger partial charge in [0.1, 0.15) is 12.4 Å². The van der Waals surface area contributed by atoms with Crippen molar-refractivity contribution in [1.82, 2.24) is 0 Å². The summed E-state index contributed by atoms with van der Waals surface area (Å²) in [4.78, 5) is 10.9. The van der Waals surface area contributed by atoms with Gasteiger partial charge in [-0.3, -0.25) is 4.79 Å². The minimum Gasteiger partial charge on any atom is -0.492 e. The summed E-state index contributed by atoms with van der Waals surface area (Å²) in [6.45, 7) is 3.46. The SMILES string of the molecule is CCS(=O)(=O)CCOc1c(C)cc(Br)cc1C=O. The molecule has 6 heteroatoms. The first-order valence-corrected chi connectivity index (χ1v) is 8.09. The van der Waals surface area contributed by atoms with Gasteiger partial charge in [-0.05, 0) is 24.6 Å². The number of carbonyl (C=O) groups is 1. The number of aldehydes is 1. The van der Waals surface area contributed by atoms with Crippen LogP contribution in [-0.4, -0.2) is 32.8 Å². The molecule has 18 heavy (non-hydrogen) atoms. The monoisotopic (exact) mass is 334 g/mol. The van der Waals surface area contributed by atoms with Crippen LogP contribution in [-0.2, 0) is 9.84 Å². The van der Waals surface area contributed by atoms with Crippen LogP contribution in [0.15, 0.2) is 16.6 Å². The Hall–Kier alpha value is -0.880. The van der Waals surface area contributed by atoms with Crippen LogP contribution in [0.25, 0.3) is 0 Å². The summed E-state index contributed by atoms with van der Waals surface area (Å²) in [6, 6.07) is 3.46. The first kappa shape index (κ1) is 15.2. The van der Waals surface area contributed by atoms with Gasteiger partial charge in [0.25, 0.3) is 0 Å². The molecular formula is C12H15BrO4S. The molecule has 1 aromatic carbocycles. The van der Waals surface area contributed by atoms with Gasteiger partial charge in [-0.15, -0.1) is 0 Å². The van der Waals surface area contributed by atoms with E-state index in [1.807, 2.05) is 6.07 Å². The Labute approximate surface area is 115 Å². The molecule has 0 radical (unpaired) electrons. The summed E-state index contributed by atoms with van der Waals surface area (Å²) in [7, 11) is -3.05. The Morgan fingerprint density at radius 2 is 2.06 bits per heavy atom. The predicted octanol–water partition coefficient (Wildman–Crippen LogP) is 2.38. The van der Waals surface area contributed by atoms with E-state index in [1.165, 1.54) is 0 Å². The molecule has 0 spiro atoms. The molecule has 0 fully saturated rings. The zero-order valence-electron chi connectivity index (χ0n) is 10.3. The van der Waals surface area contributed by atoms with Crippen LogP contribution in [0.1, 0.15) is 22.8 Å². The van der Waals surface area contributed by atoms with E-state index >= 15 is 0 Å². The number of sulfone groups is 1. The van der Waals surface area contributed by atoms with E-state index in [9.17, 15) is 13.2 Å². The molecule has 1 rings (SSSR count). The van der Waals surface area contributed by atoms with Crippen LogP contribution >= 0.6 is 15.9 Å². The van der Waals surface area contributed by atoms with Crippen LogP contribution in [0.5, 0.6) is 5.75 Å². The summed E-state index contributed by atoms with van der Waals surface area (Å²) in [5, 5.41) is 0. The minimum atomic E-state index is -3.05. The number of aryl methyl sites for hydroxylation is 1. The predicted molar refractivity (Wildman–Crippen MR) is 74.1 cm³/mol. The van der Waals surface area contributed by atoms with Crippen molar-refractivity contribution in [2.45, 2.75) is 13.8 Å². The summed E-state index contributed by atoms with van der Waals surface area (Å²) < 4.78 is 28.9. The molecule has 0 unspecified atom stereocenters. The highest BCUT2D eigenvalue weighted by Gasteiger charge is 2.11. The van der Waals surface area contributed by atoms with Crippen LogP contribution in [0, 0.1) is 6.92 Å². The third-order valence-electron chi connectivity index (χ3n) is 2.48. The second-order valence-electron chi connectivity index (χ2n) is 3.84. The van der Waals surface area contributed by atoms with Gasteiger partial charge >= 0.3 is 0 Å². The summed E-state index contributed by atoms with van der Waals surface area (Å²) >= 11 is 3.29. The average molecular weight is 335 g/mol. The third-order valence-corrected chi connectivity index (χ3v) is 4.60. The molecule has 4 nitrogen and oxygen atoms in total. The fourth-order valence-electron chi connectivity index (χ4n) is 1.46. The van der Waals surface area contributed by atoms with Gasteiger partial charge < -0.3 is 4.74 Å².